The van der Waals surface area contributed by atoms with Crippen LogP contribution in [0.25, 0.3) is 0 Å². The van der Waals surface area contributed by atoms with Crippen LogP contribution in [0.1, 0.15) is 37.8 Å². The second kappa shape index (κ2) is 11.2. The lowest BCUT2D eigenvalue weighted by atomic mass is 9.66. The molecule has 3 aliphatic rings. The van der Waals surface area contributed by atoms with Gasteiger partial charge in [0.15, 0.2) is 0 Å². The van der Waals surface area contributed by atoms with Crippen LogP contribution in [0, 0.1) is 25.7 Å². The molecule has 0 radical (unpaired) electrons. The summed E-state index contributed by atoms with van der Waals surface area (Å²) >= 11 is 0. The van der Waals surface area contributed by atoms with Crippen molar-refractivity contribution in [2.75, 3.05) is 29.5 Å². The van der Waals surface area contributed by atoms with E-state index in [1.807, 2.05) is 69.3 Å². The number of ether oxygens (including phenoxy) is 1. The maximum atomic E-state index is 14.8. The van der Waals surface area contributed by atoms with Crippen molar-refractivity contribution in [1.82, 2.24) is 4.90 Å². The second-order valence-electron chi connectivity index (χ2n) is 12.1. The number of carbonyl (C=O) groups excluding carboxylic acids is 3. The van der Waals surface area contributed by atoms with Crippen LogP contribution in [0.3, 0.4) is 0 Å². The molecule has 0 saturated carbocycles. The highest BCUT2D eigenvalue weighted by molar-refractivity contribution is 6.07. The van der Waals surface area contributed by atoms with Gasteiger partial charge >= 0.3 is 0 Å². The van der Waals surface area contributed by atoms with Crippen molar-refractivity contribution >= 4 is 29.1 Å². The lowest BCUT2D eigenvalue weighted by Crippen LogP contribution is -2.58. The average molecular weight is 572 g/mol. The number of fused-ring (bicyclic) bond motifs is 1. The van der Waals surface area contributed by atoms with Crippen molar-refractivity contribution in [1.29, 1.82) is 0 Å². The minimum Gasteiger partial charge on any atom is -0.394 e. The van der Waals surface area contributed by atoms with E-state index in [1.165, 1.54) is 4.90 Å². The molecule has 2 aromatic rings. The van der Waals surface area contributed by atoms with Gasteiger partial charge in [0.25, 0.3) is 5.91 Å². The topological polar surface area (TPSA) is 90.4 Å². The summed E-state index contributed by atoms with van der Waals surface area (Å²) in [5.41, 5.74) is 1.17. The summed E-state index contributed by atoms with van der Waals surface area (Å²) in [7, 11) is 0. The van der Waals surface area contributed by atoms with E-state index < -0.39 is 35.1 Å². The number of aliphatic hydroxyl groups excluding tert-OH is 1. The minimum atomic E-state index is -1.21. The number of hydrogen-bond donors (Lipinski definition) is 1. The van der Waals surface area contributed by atoms with Crippen LogP contribution >= 0.6 is 0 Å². The third kappa shape index (κ3) is 4.39. The van der Waals surface area contributed by atoms with Crippen LogP contribution in [0.4, 0.5) is 11.4 Å². The molecule has 2 bridgehead atoms. The highest BCUT2D eigenvalue weighted by atomic mass is 16.5. The molecule has 42 heavy (non-hydrogen) atoms. The molecule has 3 amide bonds. The second-order valence-corrected chi connectivity index (χ2v) is 12.1. The van der Waals surface area contributed by atoms with Crippen molar-refractivity contribution in [3.63, 3.8) is 0 Å². The molecule has 3 fully saturated rings. The molecular formula is C34H41N3O5. The maximum absolute atomic E-state index is 14.8. The van der Waals surface area contributed by atoms with Crippen LogP contribution in [0.15, 0.2) is 73.8 Å². The number of carbonyl (C=O) groups is 3. The number of nitrogens with zero attached hydrogens (tertiary/aromatic N) is 3. The normalized spacial score (nSPS) is 28.4. The summed E-state index contributed by atoms with van der Waals surface area (Å²) in [5.74, 6) is -2.54. The van der Waals surface area contributed by atoms with Gasteiger partial charge in [0, 0.05) is 24.5 Å². The molecule has 6 atom stereocenters. The van der Waals surface area contributed by atoms with Gasteiger partial charge in [-0.15, -0.1) is 13.2 Å². The van der Waals surface area contributed by atoms with E-state index in [0.717, 1.165) is 16.8 Å². The molecule has 8 nitrogen and oxygen atoms in total. The molecule has 3 saturated heterocycles. The molecule has 2 unspecified atom stereocenters. The Kier molecular flexibility index (Phi) is 7.89. The summed E-state index contributed by atoms with van der Waals surface area (Å²) in [6, 6.07) is 13.5. The van der Waals surface area contributed by atoms with Crippen molar-refractivity contribution in [3.05, 3.63) is 85.0 Å². The SMILES string of the molecule is C=CCN(C(=O)[C@@H]1[C@H]2C(=O)N([C@H](C)CO)C(C(=O)N(CC=C)c3c(C)cccc3C)C23CC[C@@]1(C)O3)c1ccccc1. The number of rotatable bonds is 10. The number of benzene rings is 2. The summed E-state index contributed by atoms with van der Waals surface area (Å²) in [5, 5.41) is 10.3. The van der Waals surface area contributed by atoms with Crippen LogP contribution in [0.5, 0.6) is 0 Å². The molecule has 5 rings (SSSR count). The van der Waals surface area contributed by atoms with Crippen molar-refractivity contribution in [2.24, 2.45) is 11.8 Å². The summed E-state index contributed by atoms with van der Waals surface area (Å²) in [6.07, 6.45) is 4.32. The van der Waals surface area contributed by atoms with Gasteiger partial charge in [-0.3, -0.25) is 14.4 Å². The van der Waals surface area contributed by atoms with Gasteiger partial charge < -0.3 is 24.5 Å². The summed E-state index contributed by atoms with van der Waals surface area (Å²) in [6.45, 7) is 15.4. The highest BCUT2D eigenvalue weighted by Gasteiger charge is 2.78. The summed E-state index contributed by atoms with van der Waals surface area (Å²) < 4.78 is 6.83. The Morgan fingerprint density at radius 1 is 1.02 bits per heavy atom. The van der Waals surface area contributed by atoms with E-state index in [1.54, 1.807) is 28.9 Å². The summed E-state index contributed by atoms with van der Waals surface area (Å²) in [4.78, 5) is 48.5. The molecule has 1 N–H and O–H groups in total. The standard InChI is InChI=1S/C34H41N3O5/c1-7-19-35(25-15-10-9-11-16-25)30(39)26-27-31(40)37(24(5)21-38)29(34(27)18-17-33(26,6)42-34)32(41)36(20-8-2)28-22(3)13-12-14-23(28)4/h7-16,24,26-27,29,38H,1-2,17-21H2,3-6H3/t24-,26+,27+,29?,33-,34?/m1/s1. The molecule has 0 aliphatic carbocycles. The smallest absolute Gasteiger partial charge is 0.253 e. The predicted molar refractivity (Wildman–Crippen MR) is 163 cm³/mol. The van der Waals surface area contributed by atoms with E-state index in [9.17, 15) is 19.5 Å². The molecule has 3 aliphatic heterocycles. The first-order valence-electron chi connectivity index (χ1n) is 14.6. The number of hydrogen-bond acceptors (Lipinski definition) is 5. The first-order chi connectivity index (χ1) is 20.1. The van der Waals surface area contributed by atoms with Crippen LogP contribution in [-0.4, -0.2) is 70.7 Å². The molecule has 3 heterocycles. The van der Waals surface area contributed by atoms with Gasteiger partial charge in [-0.25, -0.2) is 0 Å². The molecule has 1 spiro atoms. The van der Waals surface area contributed by atoms with Gasteiger partial charge in [-0.2, -0.15) is 0 Å². The van der Waals surface area contributed by atoms with E-state index in [2.05, 4.69) is 13.2 Å². The largest absolute Gasteiger partial charge is 0.394 e. The number of aryl methyl sites for hydroxylation is 2. The molecule has 0 aromatic heterocycles. The Balaban J connectivity index is 1.63. The number of aliphatic hydroxyl groups is 1. The minimum absolute atomic E-state index is 0.231. The predicted octanol–water partition coefficient (Wildman–Crippen LogP) is 4.19. The van der Waals surface area contributed by atoms with E-state index in [4.69, 9.17) is 4.74 Å². The number of anilines is 2. The first-order valence-corrected chi connectivity index (χ1v) is 14.6. The van der Waals surface area contributed by atoms with E-state index >= 15 is 0 Å². The third-order valence-electron chi connectivity index (χ3n) is 9.39. The molecule has 222 valence electrons. The Morgan fingerprint density at radius 2 is 1.64 bits per heavy atom. The Hall–Kier alpha value is -3.75. The monoisotopic (exact) mass is 571 g/mol. The van der Waals surface area contributed by atoms with Crippen LogP contribution in [-0.2, 0) is 19.1 Å². The number of para-hydroxylation sites is 2. The zero-order valence-corrected chi connectivity index (χ0v) is 25.0. The average Bonchev–Trinajstić information content (AvgIpc) is 3.55. The van der Waals surface area contributed by atoms with Gasteiger partial charge in [-0.1, -0.05) is 48.6 Å². The fourth-order valence-electron chi connectivity index (χ4n) is 7.61. The van der Waals surface area contributed by atoms with E-state index in [-0.39, 0.29) is 37.4 Å². The highest BCUT2D eigenvalue weighted by Crippen LogP contribution is 2.64. The van der Waals surface area contributed by atoms with Gasteiger partial charge in [0.1, 0.15) is 11.6 Å². The Bertz CT molecular complexity index is 1390. The lowest BCUT2D eigenvalue weighted by molar-refractivity contribution is -0.147. The maximum Gasteiger partial charge on any atom is 0.253 e. The Morgan fingerprint density at radius 3 is 2.24 bits per heavy atom. The van der Waals surface area contributed by atoms with Crippen molar-refractivity contribution < 1.29 is 24.2 Å². The van der Waals surface area contributed by atoms with Crippen LogP contribution in [0.2, 0.25) is 0 Å². The van der Waals surface area contributed by atoms with Gasteiger partial charge in [0.05, 0.1) is 30.1 Å². The fraction of sp³-hybridized carbons (Fsp3) is 0.441. The fourth-order valence-corrected chi connectivity index (χ4v) is 7.61. The lowest BCUT2D eigenvalue weighted by Gasteiger charge is -2.39. The third-order valence-corrected chi connectivity index (χ3v) is 9.39. The van der Waals surface area contributed by atoms with Gasteiger partial charge in [-0.05, 0) is 63.8 Å². The molecule has 2 aromatic carbocycles. The van der Waals surface area contributed by atoms with Crippen molar-refractivity contribution in [3.8, 4) is 0 Å². The quantitative estimate of drug-likeness (QED) is 0.432. The number of likely N-dealkylation sites (tertiary alicyclic amines) is 1. The molecule has 8 heteroatoms. The van der Waals surface area contributed by atoms with Crippen LogP contribution < -0.4 is 9.80 Å². The Labute approximate surface area is 248 Å². The van der Waals surface area contributed by atoms with E-state index in [0.29, 0.717) is 18.5 Å². The number of amides is 3. The zero-order valence-electron chi connectivity index (χ0n) is 25.0. The molecular weight excluding hydrogens is 530 g/mol. The first kappa shape index (κ1) is 29.7. The zero-order chi connectivity index (χ0) is 30.4. The van der Waals surface area contributed by atoms with Crippen molar-refractivity contribution in [2.45, 2.75) is 63.8 Å². The van der Waals surface area contributed by atoms with Gasteiger partial charge in [0.2, 0.25) is 11.8 Å².